The molecular formula is C14H14N4O3S. The number of hydrogen-bond acceptors (Lipinski definition) is 6. The summed E-state index contributed by atoms with van der Waals surface area (Å²) in [6.07, 6.45) is 6.34. The molecule has 22 heavy (non-hydrogen) atoms. The van der Waals surface area contributed by atoms with Crippen LogP contribution < -0.4 is 0 Å². The Morgan fingerprint density at radius 2 is 1.95 bits per heavy atom. The van der Waals surface area contributed by atoms with Gasteiger partial charge in [-0.25, -0.2) is 13.4 Å². The Morgan fingerprint density at radius 3 is 2.55 bits per heavy atom. The fraction of sp³-hybridized carbons (Fsp3) is 0.214. The van der Waals surface area contributed by atoms with Gasteiger partial charge in [-0.15, -0.1) is 0 Å². The topological polar surface area (TPSA) is 90.9 Å². The van der Waals surface area contributed by atoms with Gasteiger partial charge in [0.1, 0.15) is 6.04 Å². The maximum absolute atomic E-state index is 11.4. The van der Waals surface area contributed by atoms with Crippen LogP contribution in [0, 0.1) is 0 Å². The molecule has 0 bridgehead atoms. The molecule has 3 aromatic rings. The van der Waals surface area contributed by atoms with Gasteiger partial charge in [-0.05, 0) is 31.2 Å². The lowest BCUT2D eigenvalue weighted by molar-refractivity contribution is 0.345. The van der Waals surface area contributed by atoms with E-state index in [2.05, 4.69) is 15.1 Å². The lowest BCUT2D eigenvalue weighted by Crippen LogP contribution is -2.04. The van der Waals surface area contributed by atoms with Crippen LogP contribution in [0.3, 0.4) is 0 Å². The van der Waals surface area contributed by atoms with Crippen molar-refractivity contribution in [2.75, 3.05) is 6.26 Å². The van der Waals surface area contributed by atoms with Crippen molar-refractivity contribution in [3.8, 4) is 11.4 Å². The van der Waals surface area contributed by atoms with Crippen molar-refractivity contribution in [1.82, 2.24) is 19.7 Å². The molecule has 1 unspecified atom stereocenters. The molecule has 7 nitrogen and oxygen atoms in total. The minimum Gasteiger partial charge on any atom is -0.337 e. The molecule has 0 aliphatic heterocycles. The van der Waals surface area contributed by atoms with E-state index in [-0.39, 0.29) is 10.9 Å². The zero-order valence-electron chi connectivity index (χ0n) is 12.0. The van der Waals surface area contributed by atoms with Crippen LogP contribution in [0.15, 0.2) is 52.4 Å². The lowest BCUT2D eigenvalue weighted by atomic mass is 10.2. The van der Waals surface area contributed by atoms with E-state index in [9.17, 15) is 8.42 Å². The Kier molecular flexibility index (Phi) is 3.53. The van der Waals surface area contributed by atoms with Crippen molar-refractivity contribution >= 4 is 9.84 Å². The van der Waals surface area contributed by atoms with Gasteiger partial charge in [-0.1, -0.05) is 5.16 Å². The molecule has 1 atom stereocenters. The Balaban J connectivity index is 1.88. The number of sulfone groups is 1. The number of imidazole rings is 1. The zero-order chi connectivity index (χ0) is 15.7. The zero-order valence-corrected chi connectivity index (χ0v) is 12.9. The molecule has 0 saturated heterocycles. The first-order valence-corrected chi connectivity index (χ1v) is 8.46. The molecule has 0 fully saturated rings. The van der Waals surface area contributed by atoms with E-state index in [0.29, 0.717) is 17.3 Å². The van der Waals surface area contributed by atoms with Crippen molar-refractivity contribution < 1.29 is 12.9 Å². The van der Waals surface area contributed by atoms with Gasteiger partial charge >= 0.3 is 0 Å². The molecule has 0 spiro atoms. The predicted molar refractivity (Wildman–Crippen MR) is 78.9 cm³/mol. The van der Waals surface area contributed by atoms with Gasteiger partial charge in [-0.3, -0.25) is 0 Å². The summed E-state index contributed by atoms with van der Waals surface area (Å²) in [5.74, 6) is 0.877. The van der Waals surface area contributed by atoms with Crippen LogP contribution in [-0.4, -0.2) is 34.4 Å². The molecule has 0 amide bonds. The van der Waals surface area contributed by atoms with Gasteiger partial charge < -0.3 is 9.09 Å². The summed E-state index contributed by atoms with van der Waals surface area (Å²) in [4.78, 5) is 8.59. The summed E-state index contributed by atoms with van der Waals surface area (Å²) in [5, 5.41) is 3.94. The number of benzene rings is 1. The van der Waals surface area contributed by atoms with Crippen LogP contribution in [0.4, 0.5) is 0 Å². The average molecular weight is 318 g/mol. The fourth-order valence-electron chi connectivity index (χ4n) is 2.00. The highest BCUT2D eigenvalue weighted by Crippen LogP contribution is 2.22. The molecule has 0 aliphatic rings. The summed E-state index contributed by atoms with van der Waals surface area (Å²) < 4.78 is 30.0. The van der Waals surface area contributed by atoms with Gasteiger partial charge in [0.25, 0.3) is 0 Å². The van der Waals surface area contributed by atoms with E-state index in [1.54, 1.807) is 24.7 Å². The van der Waals surface area contributed by atoms with E-state index >= 15 is 0 Å². The molecular weight excluding hydrogens is 304 g/mol. The summed E-state index contributed by atoms with van der Waals surface area (Å²) in [6, 6.07) is 6.25. The van der Waals surface area contributed by atoms with Gasteiger partial charge in [0.05, 0.1) is 11.2 Å². The van der Waals surface area contributed by atoms with Crippen molar-refractivity contribution in [3.63, 3.8) is 0 Å². The average Bonchev–Trinajstić information content (AvgIpc) is 3.17. The van der Waals surface area contributed by atoms with Crippen LogP contribution in [0.2, 0.25) is 0 Å². The Morgan fingerprint density at radius 1 is 1.23 bits per heavy atom. The highest BCUT2D eigenvalue weighted by Gasteiger charge is 2.16. The van der Waals surface area contributed by atoms with Crippen molar-refractivity contribution in [2.24, 2.45) is 0 Å². The largest absolute Gasteiger partial charge is 0.337 e. The third-order valence-corrected chi connectivity index (χ3v) is 4.44. The SMILES string of the molecule is CC(c1nc(-c2ccc(S(C)(=O)=O)cc2)no1)n1ccnc1. The van der Waals surface area contributed by atoms with Crippen LogP contribution in [0.5, 0.6) is 0 Å². The van der Waals surface area contributed by atoms with E-state index in [1.807, 2.05) is 17.7 Å². The molecule has 0 aliphatic carbocycles. The number of hydrogen-bond donors (Lipinski definition) is 0. The summed E-state index contributed by atoms with van der Waals surface area (Å²) in [6.45, 7) is 1.92. The van der Waals surface area contributed by atoms with Gasteiger partial charge in [0.15, 0.2) is 9.84 Å². The second kappa shape index (κ2) is 5.38. The van der Waals surface area contributed by atoms with E-state index in [1.165, 1.54) is 18.4 Å². The summed E-state index contributed by atoms with van der Waals surface area (Å²) in [7, 11) is -3.21. The minimum absolute atomic E-state index is 0.126. The molecule has 2 aromatic heterocycles. The molecule has 2 heterocycles. The Labute approximate surface area is 127 Å². The number of rotatable bonds is 4. The first-order chi connectivity index (χ1) is 10.4. The number of nitrogens with zero attached hydrogens (tertiary/aromatic N) is 4. The first kappa shape index (κ1) is 14.5. The van der Waals surface area contributed by atoms with E-state index < -0.39 is 9.84 Å². The maximum Gasteiger partial charge on any atom is 0.249 e. The smallest absolute Gasteiger partial charge is 0.249 e. The van der Waals surface area contributed by atoms with E-state index in [4.69, 9.17) is 4.52 Å². The minimum atomic E-state index is -3.21. The monoisotopic (exact) mass is 318 g/mol. The first-order valence-electron chi connectivity index (χ1n) is 6.56. The molecule has 0 N–H and O–H groups in total. The lowest BCUT2D eigenvalue weighted by Gasteiger charge is -2.06. The third-order valence-electron chi connectivity index (χ3n) is 3.31. The predicted octanol–water partition coefficient (Wildman–Crippen LogP) is 1.95. The van der Waals surface area contributed by atoms with Crippen molar-refractivity contribution in [1.29, 1.82) is 0 Å². The maximum atomic E-state index is 11.4. The van der Waals surface area contributed by atoms with Gasteiger partial charge in [-0.2, -0.15) is 4.98 Å². The molecule has 3 rings (SSSR count). The molecule has 8 heteroatoms. The summed E-state index contributed by atoms with van der Waals surface area (Å²) >= 11 is 0. The Hall–Kier alpha value is -2.48. The van der Waals surface area contributed by atoms with Crippen LogP contribution in [0.1, 0.15) is 18.9 Å². The van der Waals surface area contributed by atoms with Crippen molar-refractivity contribution in [3.05, 3.63) is 48.9 Å². The van der Waals surface area contributed by atoms with E-state index in [0.717, 1.165) is 0 Å². The highest BCUT2D eigenvalue weighted by atomic mass is 32.2. The quantitative estimate of drug-likeness (QED) is 0.730. The van der Waals surface area contributed by atoms with Crippen LogP contribution in [-0.2, 0) is 9.84 Å². The highest BCUT2D eigenvalue weighted by molar-refractivity contribution is 7.90. The molecule has 114 valence electrons. The number of aromatic nitrogens is 4. The van der Waals surface area contributed by atoms with Crippen LogP contribution >= 0.6 is 0 Å². The third kappa shape index (κ3) is 2.77. The normalized spacial score (nSPS) is 13.2. The van der Waals surface area contributed by atoms with Gasteiger partial charge in [0, 0.05) is 24.2 Å². The standard InChI is InChI=1S/C14H14N4O3S/c1-10(18-8-7-15-9-18)14-16-13(17-21-14)11-3-5-12(6-4-11)22(2,19)20/h3-10H,1-2H3. The van der Waals surface area contributed by atoms with Crippen LogP contribution in [0.25, 0.3) is 11.4 Å². The fourth-order valence-corrected chi connectivity index (χ4v) is 2.63. The van der Waals surface area contributed by atoms with Gasteiger partial charge in [0.2, 0.25) is 11.7 Å². The van der Waals surface area contributed by atoms with Crippen molar-refractivity contribution in [2.45, 2.75) is 17.9 Å². The summed E-state index contributed by atoms with van der Waals surface area (Å²) in [5.41, 5.74) is 0.695. The molecule has 0 saturated carbocycles. The molecule has 1 aromatic carbocycles. The Bertz CT molecular complexity index is 867. The molecule has 0 radical (unpaired) electrons. The second-order valence-electron chi connectivity index (χ2n) is 4.94. The second-order valence-corrected chi connectivity index (χ2v) is 6.95.